The molecule has 0 aliphatic heterocycles. The van der Waals surface area contributed by atoms with Gasteiger partial charge in [-0.25, -0.2) is 13.6 Å². The predicted molar refractivity (Wildman–Crippen MR) is 62.9 cm³/mol. The highest BCUT2D eigenvalue weighted by Gasteiger charge is 2.19. The number of benzene rings is 1. The van der Waals surface area contributed by atoms with Crippen molar-refractivity contribution in [2.75, 3.05) is 0 Å². The molecule has 0 amide bonds. The van der Waals surface area contributed by atoms with Gasteiger partial charge in [-0.05, 0) is 23.6 Å². The molecule has 0 bridgehead atoms. The Morgan fingerprint density at radius 1 is 1.32 bits per heavy atom. The minimum atomic E-state index is -1.32. The second-order valence-electron chi connectivity index (χ2n) is 4.40. The summed E-state index contributed by atoms with van der Waals surface area (Å²) in [5.41, 5.74) is 0.435. The van der Waals surface area contributed by atoms with Crippen molar-refractivity contribution in [3.8, 4) is 11.3 Å². The number of rotatable bonds is 3. The Labute approximate surface area is 107 Å². The molecule has 0 unspecified atom stereocenters. The predicted octanol–water partition coefficient (Wildman–Crippen LogP) is 3.44. The number of carboxylic acid groups (broad SMARTS) is 1. The Morgan fingerprint density at radius 2 is 2.00 bits per heavy atom. The van der Waals surface area contributed by atoms with Crippen LogP contribution in [0.4, 0.5) is 8.78 Å². The van der Waals surface area contributed by atoms with Crippen molar-refractivity contribution in [2.24, 2.45) is 0 Å². The van der Waals surface area contributed by atoms with E-state index in [1.807, 2.05) is 13.8 Å². The Bertz CT molecular complexity index is 635. The van der Waals surface area contributed by atoms with Crippen LogP contribution in [0.5, 0.6) is 0 Å². The van der Waals surface area contributed by atoms with Crippen LogP contribution < -0.4 is 0 Å². The molecule has 2 rings (SSSR count). The van der Waals surface area contributed by atoms with Gasteiger partial charge in [0.05, 0.1) is 0 Å². The summed E-state index contributed by atoms with van der Waals surface area (Å²) in [4.78, 5) is 10.7. The van der Waals surface area contributed by atoms with Crippen LogP contribution in [-0.2, 0) is 0 Å². The number of aromatic carboxylic acids is 1. The first-order valence-corrected chi connectivity index (χ1v) is 5.59. The van der Waals surface area contributed by atoms with E-state index in [2.05, 4.69) is 9.68 Å². The van der Waals surface area contributed by atoms with Gasteiger partial charge in [0.2, 0.25) is 5.76 Å². The van der Waals surface area contributed by atoms with Crippen molar-refractivity contribution in [1.82, 2.24) is 5.16 Å². The summed E-state index contributed by atoms with van der Waals surface area (Å²) in [6, 6.07) is 3.61. The van der Waals surface area contributed by atoms with Gasteiger partial charge in [0.25, 0.3) is 0 Å². The van der Waals surface area contributed by atoms with Crippen LogP contribution in [0.2, 0.25) is 0 Å². The molecule has 1 heterocycles. The molecule has 0 aliphatic rings. The molecule has 4 nitrogen and oxygen atoms in total. The maximum atomic E-state index is 13.7. The number of halogens is 2. The first-order valence-electron chi connectivity index (χ1n) is 5.59. The van der Waals surface area contributed by atoms with Crippen LogP contribution in [-0.4, -0.2) is 16.2 Å². The maximum absolute atomic E-state index is 13.7. The van der Waals surface area contributed by atoms with Crippen molar-refractivity contribution in [2.45, 2.75) is 19.8 Å². The number of carbonyl (C=O) groups is 1. The van der Waals surface area contributed by atoms with E-state index < -0.39 is 23.4 Å². The zero-order valence-electron chi connectivity index (χ0n) is 10.3. The first kappa shape index (κ1) is 13.2. The fourth-order valence-electron chi connectivity index (χ4n) is 1.63. The van der Waals surface area contributed by atoms with Crippen molar-refractivity contribution < 1.29 is 23.2 Å². The molecule has 6 heteroatoms. The second-order valence-corrected chi connectivity index (χ2v) is 4.40. The third-order valence-electron chi connectivity index (χ3n) is 2.71. The van der Waals surface area contributed by atoms with E-state index in [9.17, 15) is 13.6 Å². The van der Waals surface area contributed by atoms with Crippen molar-refractivity contribution in [3.63, 3.8) is 0 Å². The highest BCUT2D eigenvalue weighted by atomic mass is 19.2. The standard InChI is InChI=1S/C13H11F2NO3/c1-6(2)7-3-8(12(15)9(14)4-7)10-5-11(13(17)18)19-16-10/h3-6H,1-2H3,(H,17,18). The van der Waals surface area contributed by atoms with Gasteiger partial charge in [-0.3, -0.25) is 0 Å². The largest absolute Gasteiger partial charge is 0.475 e. The quantitative estimate of drug-likeness (QED) is 0.925. The normalized spacial score (nSPS) is 11.0. The second kappa shape index (κ2) is 4.79. The average Bonchev–Trinajstić information content (AvgIpc) is 2.81. The zero-order valence-corrected chi connectivity index (χ0v) is 10.3. The lowest BCUT2D eigenvalue weighted by molar-refractivity contribution is 0.0652. The van der Waals surface area contributed by atoms with Crippen LogP contribution in [0, 0.1) is 11.6 Å². The average molecular weight is 267 g/mol. The highest BCUT2D eigenvalue weighted by molar-refractivity contribution is 5.85. The Hall–Kier alpha value is -2.24. The van der Waals surface area contributed by atoms with E-state index in [0.29, 0.717) is 5.56 Å². The van der Waals surface area contributed by atoms with Gasteiger partial charge in [0, 0.05) is 11.6 Å². The van der Waals surface area contributed by atoms with E-state index >= 15 is 0 Å². The lowest BCUT2D eigenvalue weighted by Crippen LogP contribution is -1.96. The number of hydrogen-bond acceptors (Lipinski definition) is 3. The topological polar surface area (TPSA) is 63.3 Å². The minimum absolute atomic E-state index is 0.000282. The summed E-state index contributed by atoms with van der Waals surface area (Å²) in [6.07, 6.45) is 0. The highest BCUT2D eigenvalue weighted by Crippen LogP contribution is 2.28. The van der Waals surface area contributed by atoms with Crippen LogP contribution in [0.3, 0.4) is 0 Å². The summed E-state index contributed by atoms with van der Waals surface area (Å²) < 4.78 is 31.8. The Balaban J connectivity index is 2.56. The lowest BCUT2D eigenvalue weighted by Gasteiger charge is -2.08. The third kappa shape index (κ3) is 2.47. The molecule has 0 radical (unpaired) electrons. The molecule has 0 saturated carbocycles. The fourth-order valence-corrected chi connectivity index (χ4v) is 1.63. The molecule has 1 aromatic carbocycles. The minimum Gasteiger partial charge on any atom is -0.475 e. The summed E-state index contributed by atoms with van der Waals surface area (Å²) in [7, 11) is 0. The molecule has 100 valence electrons. The molecule has 19 heavy (non-hydrogen) atoms. The summed E-state index contributed by atoms with van der Waals surface area (Å²) in [5.74, 6) is -3.82. The van der Waals surface area contributed by atoms with Gasteiger partial charge in [-0.1, -0.05) is 19.0 Å². The Kier molecular flexibility index (Phi) is 3.33. The van der Waals surface area contributed by atoms with Gasteiger partial charge in [0.1, 0.15) is 5.69 Å². The van der Waals surface area contributed by atoms with E-state index in [-0.39, 0.29) is 17.2 Å². The van der Waals surface area contributed by atoms with Crippen molar-refractivity contribution in [3.05, 3.63) is 41.2 Å². The number of aromatic nitrogens is 1. The number of hydrogen-bond donors (Lipinski definition) is 1. The molecule has 1 aromatic heterocycles. The Morgan fingerprint density at radius 3 is 2.53 bits per heavy atom. The zero-order chi connectivity index (χ0) is 14.2. The van der Waals surface area contributed by atoms with E-state index in [4.69, 9.17) is 5.11 Å². The molecule has 0 aliphatic carbocycles. The van der Waals surface area contributed by atoms with E-state index in [0.717, 1.165) is 12.1 Å². The van der Waals surface area contributed by atoms with Gasteiger partial charge >= 0.3 is 5.97 Å². The first-order chi connectivity index (χ1) is 8.90. The summed E-state index contributed by atoms with van der Waals surface area (Å²) in [5, 5.41) is 12.2. The SMILES string of the molecule is CC(C)c1cc(F)c(F)c(-c2cc(C(=O)O)on2)c1. The van der Waals surface area contributed by atoms with Crippen LogP contribution in [0.1, 0.15) is 35.9 Å². The number of nitrogens with zero attached hydrogens (tertiary/aromatic N) is 1. The van der Waals surface area contributed by atoms with Gasteiger partial charge < -0.3 is 9.63 Å². The van der Waals surface area contributed by atoms with Crippen molar-refractivity contribution >= 4 is 5.97 Å². The lowest BCUT2D eigenvalue weighted by atomic mass is 9.99. The number of carboxylic acids is 1. The third-order valence-corrected chi connectivity index (χ3v) is 2.71. The molecule has 0 spiro atoms. The van der Waals surface area contributed by atoms with Crippen LogP contribution in [0.15, 0.2) is 22.7 Å². The van der Waals surface area contributed by atoms with Crippen molar-refractivity contribution in [1.29, 1.82) is 0 Å². The monoisotopic (exact) mass is 267 g/mol. The maximum Gasteiger partial charge on any atom is 0.374 e. The molecule has 1 N–H and O–H groups in total. The molecule has 0 saturated heterocycles. The molecule has 0 fully saturated rings. The van der Waals surface area contributed by atoms with Gasteiger partial charge in [0.15, 0.2) is 11.6 Å². The van der Waals surface area contributed by atoms with Gasteiger partial charge in [-0.15, -0.1) is 0 Å². The summed E-state index contributed by atoms with van der Waals surface area (Å²) >= 11 is 0. The smallest absolute Gasteiger partial charge is 0.374 e. The summed E-state index contributed by atoms with van der Waals surface area (Å²) in [6.45, 7) is 3.67. The molecule has 0 atom stereocenters. The molecular formula is C13H11F2NO3. The molecule has 2 aromatic rings. The van der Waals surface area contributed by atoms with Crippen LogP contribution in [0.25, 0.3) is 11.3 Å². The van der Waals surface area contributed by atoms with E-state index in [1.165, 1.54) is 6.07 Å². The van der Waals surface area contributed by atoms with Crippen LogP contribution >= 0.6 is 0 Å². The van der Waals surface area contributed by atoms with Gasteiger partial charge in [-0.2, -0.15) is 0 Å². The molecular weight excluding hydrogens is 256 g/mol. The fraction of sp³-hybridized carbons (Fsp3) is 0.231. The van der Waals surface area contributed by atoms with E-state index in [1.54, 1.807) is 0 Å².